The first-order valence-corrected chi connectivity index (χ1v) is 11.5. The highest BCUT2D eigenvalue weighted by atomic mass is 19.1. The molecule has 3 aromatic rings. The summed E-state index contributed by atoms with van der Waals surface area (Å²) in [5.74, 6) is 3.80. The van der Waals surface area contributed by atoms with Gasteiger partial charge in [0.15, 0.2) is 0 Å². The van der Waals surface area contributed by atoms with Gasteiger partial charge in [0.2, 0.25) is 17.7 Å². The molecule has 1 fully saturated rings. The van der Waals surface area contributed by atoms with Crippen molar-refractivity contribution in [1.82, 2.24) is 25.4 Å². The van der Waals surface area contributed by atoms with Crippen molar-refractivity contribution in [2.45, 2.75) is 32.6 Å². The average molecular weight is 479 g/mol. The third-order valence-corrected chi connectivity index (χ3v) is 5.88. The number of halogens is 1. The van der Waals surface area contributed by atoms with E-state index in [-0.39, 0.29) is 12.1 Å². The van der Waals surface area contributed by atoms with E-state index in [9.17, 15) is 9.18 Å². The summed E-state index contributed by atoms with van der Waals surface area (Å²) in [5, 5.41) is 6.33. The Balaban J connectivity index is 1.17. The average Bonchev–Trinajstić information content (AvgIpc) is 3.32. The number of aromatic nitrogens is 4. The molecule has 2 aromatic heterocycles. The molecule has 1 saturated heterocycles. The Labute approximate surface area is 203 Å². The van der Waals surface area contributed by atoms with Crippen molar-refractivity contribution >= 4 is 11.9 Å². The zero-order valence-corrected chi connectivity index (χ0v) is 19.5. The van der Waals surface area contributed by atoms with Crippen LogP contribution in [0.5, 0.6) is 5.75 Å². The maximum atomic E-state index is 14.2. The fourth-order valence-electron chi connectivity index (χ4n) is 4.00. The number of amides is 1. The van der Waals surface area contributed by atoms with E-state index < -0.39 is 11.7 Å². The highest BCUT2D eigenvalue weighted by Crippen LogP contribution is 2.25. The minimum atomic E-state index is -0.632. The monoisotopic (exact) mass is 478 g/mol. The van der Waals surface area contributed by atoms with E-state index in [1.165, 1.54) is 12.1 Å². The summed E-state index contributed by atoms with van der Waals surface area (Å²) >= 11 is 0. The lowest BCUT2D eigenvalue weighted by molar-refractivity contribution is 0.0954. The van der Waals surface area contributed by atoms with Crippen LogP contribution in [0.4, 0.5) is 10.3 Å². The number of aryl methyl sites for hydroxylation is 1. The molecule has 1 aliphatic heterocycles. The first kappa shape index (κ1) is 24.1. The Hall–Kier alpha value is -4.00. The summed E-state index contributed by atoms with van der Waals surface area (Å²) in [6.07, 6.45) is 12.5. The Bertz CT molecular complexity index is 1180. The van der Waals surface area contributed by atoms with Crippen molar-refractivity contribution in [3.8, 4) is 29.5 Å². The summed E-state index contributed by atoms with van der Waals surface area (Å²) in [6.45, 7) is 4.06. The lowest BCUT2D eigenvalue weighted by atomic mass is 9.92. The number of ether oxygens (including phenoxy) is 1. The maximum Gasteiger partial charge on any atom is 0.255 e. The first-order valence-electron chi connectivity index (χ1n) is 11.5. The molecule has 1 N–H and O–H groups in total. The maximum absolute atomic E-state index is 14.2. The van der Waals surface area contributed by atoms with E-state index >= 15 is 0 Å². The Morgan fingerprint density at radius 3 is 2.74 bits per heavy atom. The van der Waals surface area contributed by atoms with Gasteiger partial charge in [0.1, 0.15) is 11.6 Å². The molecule has 182 valence electrons. The molecule has 3 heterocycles. The number of carbonyl (C=O) groups excluding carboxylic acids is 1. The number of rotatable bonds is 9. The second-order valence-electron chi connectivity index (χ2n) is 8.36. The second-order valence-corrected chi connectivity index (χ2v) is 8.36. The molecule has 0 radical (unpaired) electrons. The van der Waals surface area contributed by atoms with Crippen LogP contribution < -0.4 is 15.0 Å². The van der Waals surface area contributed by atoms with Gasteiger partial charge in [-0.15, -0.1) is 6.42 Å². The number of piperidine rings is 1. The van der Waals surface area contributed by atoms with Gasteiger partial charge in [0.25, 0.3) is 5.91 Å². The van der Waals surface area contributed by atoms with Crippen molar-refractivity contribution in [3.05, 3.63) is 47.9 Å². The van der Waals surface area contributed by atoms with E-state index in [2.05, 4.69) is 36.2 Å². The summed E-state index contributed by atoms with van der Waals surface area (Å²) < 4.78 is 24.9. The highest BCUT2D eigenvalue weighted by Gasteiger charge is 2.21. The fraction of sp³-hybridized carbons (Fsp3) is 0.400. The molecule has 4 rings (SSSR count). The molecule has 10 heteroatoms. The zero-order chi connectivity index (χ0) is 24.6. The third-order valence-electron chi connectivity index (χ3n) is 5.88. The molecule has 1 aliphatic rings. The van der Waals surface area contributed by atoms with Crippen LogP contribution in [0.15, 0.2) is 35.1 Å². The van der Waals surface area contributed by atoms with Gasteiger partial charge in [0.05, 0.1) is 24.3 Å². The fourth-order valence-corrected chi connectivity index (χ4v) is 4.00. The number of benzene rings is 1. The number of nitrogens with zero attached hydrogens (tertiary/aromatic N) is 5. The van der Waals surface area contributed by atoms with Crippen LogP contribution in [0.25, 0.3) is 11.4 Å². The molecule has 0 saturated carbocycles. The normalized spacial score (nSPS) is 13.9. The number of carbonyl (C=O) groups is 1. The van der Waals surface area contributed by atoms with Crippen molar-refractivity contribution in [3.63, 3.8) is 0 Å². The molecular formula is C25H27FN6O3. The molecule has 0 spiro atoms. The Kier molecular flexibility index (Phi) is 7.88. The van der Waals surface area contributed by atoms with Crippen LogP contribution in [0.1, 0.15) is 41.9 Å². The van der Waals surface area contributed by atoms with Crippen molar-refractivity contribution < 1.29 is 18.4 Å². The minimum Gasteiger partial charge on any atom is -0.493 e. The van der Waals surface area contributed by atoms with Gasteiger partial charge in [-0.25, -0.2) is 14.4 Å². The second kappa shape index (κ2) is 11.4. The van der Waals surface area contributed by atoms with Crippen LogP contribution in [0, 0.1) is 31.0 Å². The number of hydrogen-bond acceptors (Lipinski definition) is 8. The predicted octanol–water partition coefficient (Wildman–Crippen LogP) is 3.41. The highest BCUT2D eigenvalue weighted by molar-refractivity contribution is 5.94. The number of terminal acetylenes is 1. The summed E-state index contributed by atoms with van der Waals surface area (Å²) in [4.78, 5) is 27.2. The standard InChI is InChI=1S/C25H27FN6O3/c1-3-10-27-24(33)21-7-6-20(14-22(21)26)34-13-4-5-18-8-11-32(12-9-18)25-28-15-19(16-29-25)23-30-17(2)35-31-23/h1,6-7,14-16,18H,4-5,8-13H2,2H3,(H,27,33). The van der Waals surface area contributed by atoms with E-state index in [0.717, 1.165) is 44.3 Å². The first-order chi connectivity index (χ1) is 17.0. The lowest BCUT2D eigenvalue weighted by Gasteiger charge is -2.32. The number of nitrogens with one attached hydrogen (secondary N) is 1. The van der Waals surface area contributed by atoms with E-state index in [0.29, 0.717) is 35.9 Å². The Morgan fingerprint density at radius 1 is 1.31 bits per heavy atom. The zero-order valence-electron chi connectivity index (χ0n) is 19.5. The summed E-state index contributed by atoms with van der Waals surface area (Å²) in [5.41, 5.74) is 0.671. The quantitative estimate of drug-likeness (QED) is 0.368. The number of hydrogen-bond donors (Lipinski definition) is 1. The van der Waals surface area contributed by atoms with Crippen LogP contribution in [0.3, 0.4) is 0 Å². The van der Waals surface area contributed by atoms with Gasteiger partial charge in [-0.3, -0.25) is 4.79 Å². The number of anilines is 1. The molecule has 0 aliphatic carbocycles. The molecule has 35 heavy (non-hydrogen) atoms. The van der Waals surface area contributed by atoms with Crippen molar-refractivity contribution in [2.75, 3.05) is 31.1 Å². The van der Waals surface area contributed by atoms with E-state index in [1.807, 2.05) is 0 Å². The van der Waals surface area contributed by atoms with Gasteiger partial charge in [0, 0.05) is 38.5 Å². The van der Waals surface area contributed by atoms with Crippen molar-refractivity contribution in [1.29, 1.82) is 0 Å². The molecule has 0 bridgehead atoms. The molecule has 9 nitrogen and oxygen atoms in total. The van der Waals surface area contributed by atoms with Gasteiger partial charge in [-0.1, -0.05) is 11.1 Å². The van der Waals surface area contributed by atoms with Gasteiger partial charge in [-0.2, -0.15) is 4.98 Å². The van der Waals surface area contributed by atoms with Gasteiger partial charge in [-0.05, 0) is 43.7 Å². The molecule has 0 atom stereocenters. The summed E-state index contributed by atoms with van der Waals surface area (Å²) in [7, 11) is 0. The van der Waals surface area contributed by atoms with Crippen LogP contribution in [-0.4, -0.2) is 52.3 Å². The predicted molar refractivity (Wildman–Crippen MR) is 127 cm³/mol. The topological polar surface area (TPSA) is 106 Å². The van der Waals surface area contributed by atoms with Crippen LogP contribution in [0.2, 0.25) is 0 Å². The molecule has 1 aromatic carbocycles. The molecular weight excluding hydrogens is 451 g/mol. The molecule has 1 amide bonds. The lowest BCUT2D eigenvalue weighted by Crippen LogP contribution is -2.34. The largest absolute Gasteiger partial charge is 0.493 e. The minimum absolute atomic E-state index is 0.0516. The van der Waals surface area contributed by atoms with Crippen LogP contribution in [-0.2, 0) is 0 Å². The smallest absolute Gasteiger partial charge is 0.255 e. The van der Waals surface area contributed by atoms with Crippen LogP contribution >= 0.6 is 0 Å². The third kappa shape index (κ3) is 6.32. The Morgan fingerprint density at radius 2 is 2.09 bits per heavy atom. The SMILES string of the molecule is C#CCNC(=O)c1ccc(OCCCC2CCN(c3ncc(-c4noc(C)n4)cn3)CC2)cc1F. The summed E-state index contributed by atoms with van der Waals surface area (Å²) in [6, 6.07) is 4.23. The molecule has 0 unspecified atom stereocenters. The van der Waals surface area contributed by atoms with E-state index in [1.54, 1.807) is 25.4 Å². The van der Waals surface area contributed by atoms with Gasteiger partial charge < -0.3 is 19.5 Å². The van der Waals surface area contributed by atoms with Crippen molar-refractivity contribution in [2.24, 2.45) is 5.92 Å². The van der Waals surface area contributed by atoms with Gasteiger partial charge >= 0.3 is 0 Å². The van der Waals surface area contributed by atoms with E-state index in [4.69, 9.17) is 15.7 Å².